The van der Waals surface area contributed by atoms with Crippen molar-refractivity contribution in [3.8, 4) is 5.75 Å². The molecule has 4 nitrogen and oxygen atoms in total. The van der Waals surface area contributed by atoms with Gasteiger partial charge in [0.2, 0.25) is 5.91 Å². The van der Waals surface area contributed by atoms with Gasteiger partial charge >= 0.3 is 0 Å². The van der Waals surface area contributed by atoms with Crippen molar-refractivity contribution in [2.24, 2.45) is 5.73 Å². The summed E-state index contributed by atoms with van der Waals surface area (Å²) in [7, 11) is 2.91. The van der Waals surface area contributed by atoms with E-state index in [1.54, 1.807) is 6.07 Å². The van der Waals surface area contributed by atoms with Crippen molar-refractivity contribution >= 4 is 5.91 Å². The van der Waals surface area contributed by atoms with E-state index in [-0.39, 0.29) is 11.7 Å². The highest BCUT2D eigenvalue weighted by Crippen LogP contribution is 2.18. The minimum absolute atomic E-state index is 0.178. The second-order valence-electron chi connectivity index (χ2n) is 3.39. The van der Waals surface area contributed by atoms with Gasteiger partial charge in [0.05, 0.1) is 13.2 Å². The van der Waals surface area contributed by atoms with Gasteiger partial charge in [0, 0.05) is 7.05 Å². The molecule has 0 saturated carbocycles. The molecule has 0 radical (unpaired) electrons. The monoisotopic (exact) mass is 226 g/mol. The minimum Gasteiger partial charge on any atom is -0.494 e. The number of methoxy groups -OCH3 is 1. The van der Waals surface area contributed by atoms with Crippen LogP contribution in [0.1, 0.15) is 5.56 Å². The molecule has 1 unspecified atom stereocenters. The smallest absolute Gasteiger partial charge is 0.237 e. The molecule has 0 saturated heterocycles. The van der Waals surface area contributed by atoms with E-state index in [0.29, 0.717) is 12.0 Å². The van der Waals surface area contributed by atoms with Crippen molar-refractivity contribution in [3.63, 3.8) is 0 Å². The van der Waals surface area contributed by atoms with Crippen LogP contribution in [0, 0.1) is 5.82 Å². The van der Waals surface area contributed by atoms with Crippen LogP contribution in [-0.4, -0.2) is 26.1 Å². The molecular weight excluding hydrogens is 211 g/mol. The topological polar surface area (TPSA) is 64.4 Å². The Kier molecular flexibility index (Phi) is 4.25. The van der Waals surface area contributed by atoms with Gasteiger partial charge in [0.25, 0.3) is 0 Å². The third kappa shape index (κ3) is 2.93. The second-order valence-corrected chi connectivity index (χ2v) is 3.39. The van der Waals surface area contributed by atoms with E-state index in [1.165, 1.54) is 26.3 Å². The molecule has 0 aliphatic carbocycles. The van der Waals surface area contributed by atoms with E-state index in [4.69, 9.17) is 10.5 Å². The van der Waals surface area contributed by atoms with E-state index < -0.39 is 11.9 Å². The summed E-state index contributed by atoms with van der Waals surface area (Å²) < 4.78 is 18.1. The number of amides is 1. The van der Waals surface area contributed by atoms with Gasteiger partial charge in [0.15, 0.2) is 11.6 Å². The fourth-order valence-electron chi connectivity index (χ4n) is 1.37. The fourth-order valence-corrected chi connectivity index (χ4v) is 1.37. The first kappa shape index (κ1) is 12.4. The molecule has 0 aromatic heterocycles. The molecule has 1 rings (SSSR count). The quantitative estimate of drug-likeness (QED) is 0.783. The summed E-state index contributed by atoms with van der Waals surface area (Å²) >= 11 is 0. The van der Waals surface area contributed by atoms with Gasteiger partial charge in [-0.3, -0.25) is 4.79 Å². The van der Waals surface area contributed by atoms with Crippen LogP contribution in [0.2, 0.25) is 0 Å². The zero-order chi connectivity index (χ0) is 12.1. The van der Waals surface area contributed by atoms with E-state index in [0.717, 1.165) is 0 Å². The lowest BCUT2D eigenvalue weighted by Crippen LogP contribution is -2.40. The van der Waals surface area contributed by atoms with Gasteiger partial charge in [-0.2, -0.15) is 0 Å². The van der Waals surface area contributed by atoms with Gasteiger partial charge in [0.1, 0.15) is 0 Å². The van der Waals surface area contributed by atoms with Crippen LogP contribution in [-0.2, 0) is 11.2 Å². The number of rotatable bonds is 4. The van der Waals surface area contributed by atoms with Crippen molar-refractivity contribution < 1.29 is 13.9 Å². The lowest BCUT2D eigenvalue weighted by atomic mass is 10.1. The molecule has 0 heterocycles. The Morgan fingerprint density at radius 3 is 2.81 bits per heavy atom. The number of likely N-dealkylation sites (N-methyl/N-ethyl adjacent to an activating group) is 1. The summed E-state index contributed by atoms with van der Waals surface area (Å²) in [6.45, 7) is 0. The Balaban J connectivity index is 2.75. The minimum atomic E-state index is -0.669. The molecule has 1 aromatic carbocycles. The number of carbonyl (C=O) groups excluding carboxylic acids is 1. The first-order valence-corrected chi connectivity index (χ1v) is 4.88. The van der Waals surface area contributed by atoms with Crippen LogP contribution in [0.4, 0.5) is 4.39 Å². The van der Waals surface area contributed by atoms with Crippen LogP contribution in [0.15, 0.2) is 18.2 Å². The average molecular weight is 226 g/mol. The maximum atomic E-state index is 13.3. The summed E-state index contributed by atoms with van der Waals surface area (Å²) in [5, 5.41) is 2.44. The average Bonchev–Trinajstić information content (AvgIpc) is 2.28. The number of carbonyl (C=O) groups is 1. The molecule has 1 amide bonds. The highest BCUT2D eigenvalue weighted by Gasteiger charge is 2.13. The van der Waals surface area contributed by atoms with Crippen molar-refractivity contribution in [2.75, 3.05) is 14.2 Å². The number of ether oxygens (including phenoxy) is 1. The van der Waals surface area contributed by atoms with Gasteiger partial charge in [-0.25, -0.2) is 4.39 Å². The number of hydrogen-bond acceptors (Lipinski definition) is 3. The third-order valence-corrected chi connectivity index (χ3v) is 2.25. The Labute approximate surface area is 93.6 Å². The van der Waals surface area contributed by atoms with Crippen molar-refractivity contribution in [2.45, 2.75) is 12.5 Å². The van der Waals surface area contributed by atoms with Gasteiger partial charge in [-0.15, -0.1) is 0 Å². The molecule has 1 aromatic rings. The van der Waals surface area contributed by atoms with Gasteiger partial charge in [-0.1, -0.05) is 6.07 Å². The fraction of sp³-hybridized carbons (Fsp3) is 0.364. The van der Waals surface area contributed by atoms with E-state index in [2.05, 4.69) is 5.32 Å². The van der Waals surface area contributed by atoms with Crippen molar-refractivity contribution in [3.05, 3.63) is 29.6 Å². The number of hydrogen-bond donors (Lipinski definition) is 2. The second kappa shape index (κ2) is 5.46. The summed E-state index contributed by atoms with van der Waals surface area (Å²) in [4.78, 5) is 11.2. The lowest BCUT2D eigenvalue weighted by molar-refractivity contribution is -0.121. The molecule has 0 bridgehead atoms. The summed E-state index contributed by atoms with van der Waals surface area (Å²) in [5.41, 5.74) is 6.28. The molecule has 0 fully saturated rings. The summed E-state index contributed by atoms with van der Waals surface area (Å²) in [6.07, 6.45) is 0.292. The maximum Gasteiger partial charge on any atom is 0.237 e. The Hall–Kier alpha value is -1.62. The maximum absolute atomic E-state index is 13.3. The van der Waals surface area contributed by atoms with E-state index in [1.807, 2.05) is 0 Å². The molecule has 0 aliphatic heterocycles. The predicted molar refractivity (Wildman–Crippen MR) is 58.7 cm³/mol. The number of nitrogens with one attached hydrogen (secondary N) is 1. The molecular formula is C11H15FN2O2. The zero-order valence-electron chi connectivity index (χ0n) is 9.29. The van der Waals surface area contributed by atoms with Crippen LogP contribution in [0.25, 0.3) is 0 Å². The third-order valence-electron chi connectivity index (χ3n) is 2.25. The summed E-state index contributed by atoms with van der Waals surface area (Å²) in [6, 6.07) is 3.85. The molecule has 3 N–H and O–H groups in total. The SMILES string of the molecule is CNC(=O)C(N)Cc1ccc(OC)c(F)c1. The molecule has 88 valence electrons. The first-order valence-electron chi connectivity index (χ1n) is 4.88. The standard InChI is InChI=1S/C11H15FN2O2/c1-14-11(15)9(13)6-7-3-4-10(16-2)8(12)5-7/h3-5,9H,6,13H2,1-2H3,(H,14,15). The molecule has 1 atom stereocenters. The van der Waals surface area contributed by atoms with Crippen LogP contribution in [0.5, 0.6) is 5.75 Å². The molecule has 16 heavy (non-hydrogen) atoms. The zero-order valence-corrected chi connectivity index (χ0v) is 9.29. The van der Waals surface area contributed by atoms with Crippen LogP contribution in [0.3, 0.4) is 0 Å². The highest BCUT2D eigenvalue weighted by molar-refractivity contribution is 5.81. The highest BCUT2D eigenvalue weighted by atomic mass is 19.1. The Morgan fingerprint density at radius 1 is 1.62 bits per heavy atom. The van der Waals surface area contributed by atoms with Gasteiger partial charge < -0.3 is 15.8 Å². The summed E-state index contributed by atoms with van der Waals surface area (Å²) in [5.74, 6) is -0.544. The number of nitrogens with two attached hydrogens (primary N) is 1. The normalized spacial score (nSPS) is 12.0. The number of benzene rings is 1. The predicted octanol–water partition coefficient (Wildman–Crippen LogP) is 0.450. The van der Waals surface area contributed by atoms with E-state index >= 15 is 0 Å². The number of halogens is 1. The van der Waals surface area contributed by atoms with Crippen molar-refractivity contribution in [1.29, 1.82) is 0 Å². The lowest BCUT2D eigenvalue weighted by Gasteiger charge is -2.10. The largest absolute Gasteiger partial charge is 0.494 e. The van der Waals surface area contributed by atoms with Crippen LogP contribution >= 0.6 is 0 Å². The van der Waals surface area contributed by atoms with E-state index in [9.17, 15) is 9.18 Å². The van der Waals surface area contributed by atoms with Crippen molar-refractivity contribution in [1.82, 2.24) is 5.32 Å². The van der Waals surface area contributed by atoms with Crippen LogP contribution < -0.4 is 15.8 Å². The first-order chi connectivity index (χ1) is 7.58. The molecule has 5 heteroatoms. The van der Waals surface area contributed by atoms with Gasteiger partial charge in [-0.05, 0) is 24.1 Å². The molecule has 0 aliphatic rings. The Morgan fingerprint density at radius 2 is 2.31 bits per heavy atom. The Bertz CT molecular complexity index is 382. The molecule has 0 spiro atoms.